The summed E-state index contributed by atoms with van der Waals surface area (Å²) in [6.07, 6.45) is 78.2. The highest BCUT2D eigenvalue weighted by Crippen LogP contribution is 2.38. The molecular formula is C62H105N2O6P. The van der Waals surface area contributed by atoms with Crippen molar-refractivity contribution in [3.8, 4) is 0 Å². The molecule has 1 amide bonds. The molecule has 3 unspecified atom stereocenters. The number of carbonyl (C=O) groups excluding carboxylic acids is 1. The van der Waals surface area contributed by atoms with Gasteiger partial charge in [-0.25, -0.2) is 0 Å². The first-order valence-corrected chi connectivity index (χ1v) is 29.5. The Morgan fingerprint density at radius 1 is 0.507 bits per heavy atom. The van der Waals surface area contributed by atoms with Crippen LogP contribution in [0.25, 0.3) is 0 Å². The molecule has 0 fully saturated rings. The van der Waals surface area contributed by atoms with E-state index in [1.54, 1.807) is 6.08 Å². The first-order chi connectivity index (χ1) is 34.5. The molecule has 0 aromatic carbocycles. The number of aliphatic hydroxyl groups is 1. The fourth-order valence-electron chi connectivity index (χ4n) is 7.22. The predicted octanol–water partition coefficient (Wildman–Crippen LogP) is 16.5. The fraction of sp³-hybridized carbons (Fsp3) is 0.629. The molecule has 0 spiro atoms. The van der Waals surface area contributed by atoms with E-state index in [1.807, 2.05) is 27.2 Å². The Bertz CT molecular complexity index is 1610. The van der Waals surface area contributed by atoms with Crippen LogP contribution >= 0.6 is 7.82 Å². The van der Waals surface area contributed by atoms with Crippen molar-refractivity contribution in [1.29, 1.82) is 0 Å². The second-order valence-corrected chi connectivity index (χ2v) is 21.0. The number of likely N-dealkylation sites (N-methyl/N-ethyl adjacent to an activating group) is 1. The molecule has 0 saturated carbocycles. The lowest BCUT2D eigenvalue weighted by Crippen LogP contribution is -2.45. The number of unbranched alkanes of at least 4 members (excludes halogenated alkanes) is 16. The van der Waals surface area contributed by atoms with Crippen LogP contribution in [0.15, 0.2) is 134 Å². The van der Waals surface area contributed by atoms with Gasteiger partial charge >= 0.3 is 0 Å². The van der Waals surface area contributed by atoms with Crippen LogP contribution in [0.2, 0.25) is 0 Å². The van der Waals surface area contributed by atoms with E-state index in [1.165, 1.54) is 70.6 Å². The highest BCUT2D eigenvalue weighted by molar-refractivity contribution is 7.45. The van der Waals surface area contributed by atoms with Gasteiger partial charge in [0.15, 0.2) is 0 Å². The quantitative estimate of drug-likeness (QED) is 0.0272. The van der Waals surface area contributed by atoms with Gasteiger partial charge in [0.1, 0.15) is 13.2 Å². The summed E-state index contributed by atoms with van der Waals surface area (Å²) in [5.41, 5.74) is 0. The molecule has 0 aliphatic heterocycles. The third kappa shape index (κ3) is 54.3. The second-order valence-electron chi connectivity index (χ2n) is 19.5. The van der Waals surface area contributed by atoms with Crippen LogP contribution in [0.3, 0.4) is 0 Å². The maximum Gasteiger partial charge on any atom is 0.268 e. The van der Waals surface area contributed by atoms with E-state index in [0.29, 0.717) is 17.4 Å². The SMILES string of the molecule is CC/C=C\C/C=C\C/C=C\C/C=C\C/C=C\C/C=C\C/C=C\C/C=C\C/C=C\CCCCCCCCCCCC(=O)NC(COP(=O)([O-])OCC[N+](C)(C)C)C(O)/C=C/CC/C=C/CCCCCCCC. The minimum Gasteiger partial charge on any atom is -0.756 e. The summed E-state index contributed by atoms with van der Waals surface area (Å²) in [7, 11) is 1.22. The molecule has 8 nitrogen and oxygen atoms in total. The average Bonchev–Trinajstić information content (AvgIpc) is 3.33. The Labute approximate surface area is 436 Å². The van der Waals surface area contributed by atoms with Gasteiger partial charge in [0.25, 0.3) is 7.82 Å². The highest BCUT2D eigenvalue weighted by atomic mass is 31.2. The molecule has 0 rings (SSSR count). The number of phosphoric acid groups is 1. The smallest absolute Gasteiger partial charge is 0.268 e. The minimum absolute atomic E-state index is 0.0143. The summed E-state index contributed by atoms with van der Waals surface area (Å²) >= 11 is 0. The number of nitrogens with one attached hydrogen (secondary N) is 1. The van der Waals surface area contributed by atoms with Gasteiger partial charge in [0.2, 0.25) is 5.91 Å². The summed E-state index contributed by atoms with van der Waals surface area (Å²) in [5, 5.41) is 13.8. The summed E-state index contributed by atoms with van der Waals surface area (Å²) < 4.78 is 23.2. The lowest BCUT2D eigenvalue weighted by atomic mass is 10.1. The number of quaternary nitrogens is 1. The number of amides is 1. The van der Waals surface area contributed by atoms with Crippen molar-refractivity contribution >= 4 is 13.7 Å². The van der Waals surface area contributed by atoms with E-state index in [9.17, 15) is 19.4 Å². The van der Waals surface area contributed by atoms with Crippen LogP contribution in [0.5, 0.6) is 0 Å². The number of hydrogen-bond donors (Lipinski definition) is 2. The van der Waals surface area contributed by atoms with Crippen LogP contribution in [0.4, 0.5) is 0 Å². The van der Waals surface area contributed by atoms with Gasteiger partial charge in [-0.2, -0.15) is 0 Å². The number of aliphatic hydroxyl groups excluding tert-OH is 1. The third-order valence-electron chi connectivity index (χ3n) is 11.6. The lowest BCUT2D eigenvalue weighted by molar-refractivity contribution is -0.870. The van der Waals surface area contributed by atoms with Crippen molar-refractivity contribution in [1.82, 2.24) is 5.32 Å². The van der Waals surface area contributed by atoms with Crippen LogP contribution < -0.4 is 10.2 Å². The van der Waals surface area contributed by atoms with Crippen molar-refractivity contribution in [2.24, 2.45) is 0 Å². The topological polar surface area (TPSA) is 108 Å². The van der Waals surface area contributed by atoms with Crippen molar-refractivity contribution < 1.29 is 32.9 Å². The molecule has 404 valence electrons. The summed E-state index contributed by atoms with van der Waals surface area (Å²) in [4.78, 5) is 25.4. The molecule has 0 heterocycles. The van der Waals surface area contributed by atoms with E-state index in [4.69, 9.17) is 9.05 Å². The largest absolute Gasteiger partial charge is 0.756 e. The molecule has 0 aromatic rings. The molecule has 71 heavy (non-hydrogen) atoms. The second kappa shape index (κ2) is 51.5. The van der Waals surface area contributed by atoms with Crippen LogP contribution in [-0.4, -0.2) is 68.5 Å². The normalized spacial score (nSPS) is 15.0. The van der Waals surface area contributed by atoms with Gasteiger partial charge < -0.3 is 28.8 Å². The number of carbonyl (C=O) groups is 1. The maximum atomic E-state index is 12.9. The van der Waals surface area contributed by atoms with Gasteiger partial charge in [-0.15, -0.1) is 0 Å². The van der Waals surface area contributed by atoms with Crippen molar-refractivity contribution in [3.63, 3.8) is 0 Å². The molecule has 0 aliphatic carbocycles. The van der Waals surface area contributed by atoms with Crippen LogP contribution in [0.1, 0.15) is 200 Å². The molecule has 2 N–H and O–H groups in total. The first-order valence-electron chi connectivity index (χ1n) is 28.0. The average molecular weight is 1010 g/mol. The van der Waals surface area contributed by atoms with Gasteiger partial charge in [-0.3, -0.25) is 9.36 Å². The van der Waals surface area contributed by atoms with Gasteiger partial charge in [-0.05, 0) is 103 Å². The Hall–Kier alpha value is -3.36. The lowest BCUT2D eigenvalue weighted by Gasteiger charge is -2.29. The zero-order chi connectivity index (χ0) is 52.0. The number of phosphoric ester groups is 1. The summed E-state index contributed by atoms with van der Waals surface area (Å²) in [6, 6.07) is -0.915. The molecule has 3 atom stereocenters. The fourth-order valence-corrected chi connectivity index (χ4v) is 7.94. The molecular weight excluding hydrogens is 900 g/mol. The highest BCUT2D eigenvalue weighted by Gasteiger charge is 2.23. The summed E-state index contributed by atoms with van der Waals surface area (Å²) in [5.74, 6) is -0.221. The molecule has 0 bridgehead atoms. The standard InChI is InChI=1S/C62H105N2O6P/c1-6-8-10-12-14-16-18-20-21-22-23-24-25-26-27-28-29-30-31-32-33-34-35-36-37-38-39-40-41-42-43-44-46-48-50-52-54-56-62(66)63-60(59-70-71(67,68)69-58-57-64(3,4)5)61(65)55-53-51-49-47-45-19-17-15-13-11-9-7-2/h8,10,14,16,20-21,23-24,26-27,29-30,32-33,35-36,38-39,45,47,53,55,60-61,65H,6-7,9,11-13,15,17-19,22,25,28,31,34,37,40-44,46,48-52,54,56-59H2,1-5H3,(H-,63,66,67,68)/b10-8-,16-14-,21-20-,24-23-,27-26-,30-29-,33-32-,36-35-,39-38-,47-45+,55-53+. The van der Waals surface area contributed by atoms with E-state index >= 15 is 0 Å². The zero-order valence-electron chi connectivity index (χ0n) is 45.9. The summed E-state index contributed by atoms with van der Waals surface area (Å²) in [6.45, 7) is 4.46. The first kappa shape index (κ1) is 67.6. The monoisotopic (exact) mass is 1000 g/mol. The minimum atomic E-state index is -4.61. The third-order valence-corrected chi connectivity index (χ3v) is 12.6. The molecule has 0 radical (unpaired) electrons. The van der Waals surface area contributed by atoms with E-state index in [-0.39, 0.29) is 12.5 Å². The molecule has 0 aromatic heterocycles. The van der Waals surface area contributed by atoms with Crippen molar-refractivity contribution in [2.45, 2.75) is 212 Å². The van der Waals surface area contributed by atoms with Crippen LogP contribution in [0, 0.1) is 0 Å². The predicted molar refractivity (Wildman–Crippen MR) is 306 cm³/mol. The number of allylic oxidation sites excluding steroid dienone is 21. The van der Waals surface area contributed by atoms with E-state index < -0.39 is 26.6 Å². The Morgan fingerprint density at radius 2 is 0.873 bits per heavy atom. The van der Waals surface area contributed by atoms with Crippen molar-refractivity contribution in [3.05, 3.63) is 134 Å². The number of rotatable bonds is 49. The maximum absolute atomic E-state index is 12.9. The molecule has 0 aliphatic rings. The number of nitrogens with zero attached hydrogens (tertiary/aromatic N) is 1. The van der Waals surface area contributed by atoms with Gasteiger partial charge in [0, 0.05) is 6.42 Å². The molecule has 0 saturated heterocycles. The van der Waals surface area contributed by atoms with Gasteiger partial charge in [0.05, 0.1) is 39.9 Å². The Balaban J connectivity index is 4.15. The molecule has 9 heteroatoms. The number of hydrogen-bond acceptors (Lipinski definition) is 6. The van der Waals surface area contributed by atoms with Crippen molar-refractivity contribution in [2.75, 3.05) is 40.9 Å². The Kier molecular flexibility index (Phi) is 49.1. The van der Waals surface area contributed by atoms with Crippen LogP contribution in [-0.2, 0) is 18.4 Å². The van der Waals surface area contributed by atoms with Gasteiger partial charge in [-0.1, -0.05) is 225 Å². The van der Waals surface area contributed by atoms with E-state index in [0.717, 1.165) is 109 Å². The zero-order valence-corrected chi connectivity index (χ0v) is 46.8. The van der Waals surface area contributed by atoms with E-state index in [2.05, 4.69) is 141 Å². The Morgan fingerprint density at radius 3 is 1.31 bits per heavy atom.